The Kier molecular flexibility index (Phi) is 21.2. The minimum absolute atomic E-state index is 0.118. The van der Waals surface area contributed by atoms with Crippen molar-refractivity contribution in [3.63, 3.8) is 0 Å². The first-order valence-electron chi connectivity index (χ1n) is 16.2. The third-order valence-electron chi connectivity index (χ3n) is 6.74. The molecule has 0 aromatic heterocycles. The normalized spacial score (nSPS) is 13.5. The van der Waals surface area contributed by atoms with E-state index in [1.54, 1.807) is 0 Å². The van der Waals surface area contributed by atoms with Crippen LogP contribution < -0.4 is 10.6 Å². The van der Waals surface area contributed by atoms with Gasteiger partial charge in [-0.1, -0.05) is 88.5 Å². The molecule has 0 aliphatic rings. The predicted octanol–water partition coefficient (Wildman–Crippen LogP) is 8.28. The van der Waals surface area contributed by atoms with Gasteiger partial charge in [0.15, 0.2) is 0 Å². The summed E-state index contributed by atoms with van der Waals surface area (Å²) in [6.07, 6.45) is 29.6. The number of aromatic hydroxyl groups is 1. The van der Waals surface area contributed by atoms with E-state index >= 15 is 0 Å². The van der Waals surface area contributed by atoms with E-state index in [2.05, 4.69) is 78.3 Å². The van der Waals surface area contributed by atoms with E-state index in [0.717, 1.165) is 51.4 Å². The van der Waals surface area contributed by atoms with E-state index in [-0.39, 0.29) is 23.1 Å². The Morgan fingerprint density at radius 2 is 1.40 bits per heavy atom. The summed E-state index contributed by atoms with van der Waals surface area (Å²) >= 11 is 0. The van der Waals surface area contributed by atoms with Crippen LogP contribution in [0.2, 0.25) is 0 Å². The lowest BCUT2D eigenvalue weighted by Crippen LogP contribution is -2.48. The molecule has 0 heterocycles. The first-order chi connectivity index (χ1) is 21.7. The first-order valence-corrected chi connectivity index (χ1v) is 16.2. The Labute approximate surface area is 270 Å². The average Bonchev–Trinajstić information content (AvgIpc) is 3.00. The fraction of sp³-hybridized carbons (Fsp3) is 0.486. The number of benzene rings is 1. The maximum atomic E-state index is 13.0. The molecule has 4 N–H and O–H groups in total. The Morgan fingerprint density at radius 1 is 0.822 bits per heavy atom. The second kappa shape index (κ2) is 24.4. The van der Waals surface area contributed by atoms with Crippen molar-refractivity contribution in [1.82, 2.24) is 5.32 Å². The second-order valence-corrected chi connectivity index (χ2v) is 11.2. The number of ether oxygens (including phenoxy) is 1. The Morgan fingerprint density at radius 3 is 1.93 bits per heavy atom. The minimum atomic E-state index is -1.31. The Balaban J connectivity index is 2.37. The van der Waals surface area contributed by atoms with Crippen LogP contribution in [0.3, 0.4) is 0 Å². The smallest absolute Gasteiger partial charge is 0.339 e. The lowest BCUT2D eigenvalue weighted by molar-refractivity contribution is -0.136. The quantitative estimate of drug-likeness (QED) is 0.0553. The number of hydrogen-bond acceptors (Lipinski definition) is 5. The highest BCUT2D eigenvalue weighted by Crippen LogP contribution is 2.22. The SMILES string of the molecule is CC/C=C\C/C=C\C/C=C\C/C=C\C/C=C\CCCCOC(CC)C(=O)NC(CC(C)C)C(=O)Nc1ccc(O)c(C(=O)O)c1. The summed E-state index contributed by atoms with van der Waals surface area (Å²) < 4.78 is 5.86. The zero-order valence-electron chi connectivity index (χ0n) is 27.5. The van der Waals surface area contributed by atoms with Gasteiger partial charge in [0.25, 0.3) is 0 Å². The molecule has 0 aliphatic carbocycles. The highest BCUT2D eigenvalue weighted by molar-refractivity contribution is 5.99. The van der Waals surface area contributed by atoms with E-state index in [4.69, 9.17) is 4.74 Å². The molecule has 0 spiro atoms. The van der Waals surface area contributed by atoms with Crippen molar-refractivity contribution < 1.29 is 29.3 Å². The zero-order valence-corrected chi connectivity index (χ0v) is 27.5. The van der Waals surface area contributed by atoms with Crippen molar-refractivity contribution >= 4 is 23.5 Å². The van der Waals surface area contributed by atoms with Gasteiger partial charge >= 0.3 is 5.97 Å². The molecule has 1 aromatic rings. The summed E-state index contributed by atoms with van der Waals surface area (Å²) in [6, 6.07) is 2.97. The molecule has 0 aliphatic heterocycles. The van der Waals surface area contributed by atoms with Crippen molar-refractivity contribution in [2.24, 2.45) is 5.92 Å². The number of hydrogen-bond donors (Lipinski definition) is 4. The second-order valence-electron chi connectivity index (χ2n) is 11.2. The van der Waals surface area contributed by atoms with E-state index in [9.17, 15) is 24.6 Å². The summed E-state index contributed by atoms with van der Waals surface area (Å²) in [4.78, 5) is 37.3. The topological polar surface area (TPSA) is 125 Å². The number of unbranched alkanes of at least 4 members (excludes halogenated alkanes) is 2. The summed E-state index contributed by atoms with van der Waals surface area (Å²) in [5.74, 6) is -2.41. The molecule has 1 aromatic carbocycles. The number of carboxylic acids is 1. The van der Waals surface area contributed by atoms with Crippen LogP contribution in [0, 0.1) is 5.92 Å². The van der Waals surface area contributed by atoms with Crippen LogP contribution in [0.4, 0.5) is 5.69 Å². The summed E-state index contributed by atoms with van der Waals surface area (Å²) in [5.41, 5.74) is -0.105. The average molecular weight is 623 g/mol. The Bertz CT molecular complexity index is 1170. The van der Waals surface area contributed by atoms with Crippen LogP contribution in [-0.2, 0) is 14.3 Å². The molecular weight excluding hydrogens is 568 g/mol. The summed E-state index contributed by atoms with van der Waals surface area (Å²) in [7, 11) is 0. The zero-order chi connectivity index (χ0) is 33.3. The van der Waals surface area contributed by atoms with Gasteiger partial charge in [0.1, 0.15) is 23.5 Å². The van der Waals surface area contributed by atoms with Crippen molar-refractivity contribution in [2.75, 3.05) is 11.9 Å². The fourth-order valence-electron chi connectivity index (χ4n) is 4.32. The van der Waals surface area contributed by atoms with E-state index in [0.29, 0.717) is 19.4 Å². The monoisotopic (exact) mass is 622 g/mol. The largest absolute Gasteiger partial charge is 0.507 e. The van der Waals surface area contributed by atoms with Crippen molar-refractivity contribution in [3.8, 4) is 5.75 Å². The van der Waals surface area contributed by atoms with E-state index in [1.807, 2.05) is 20.8 Å². The number of aromatic carboxylic acids is 1. The molecule has 0 bridgehead atoms. The van der Waals surface area contributed by atoms with Gasteiger partial charge in [-0.05, 0) is 88.3 Å². The van der Waals surface area contributed by atoms with Crippen LogP contribution in [-0.4, -0.2) is 46.7 Å². The van der Waals surface area contributed by atoms with Gasteiger partial charge in [0, 0.05) is 12.3 Å². The lowest BCUT2D eigenvalue weighted by Gasteiger charge is -2.23. The number of carbonyl (C=O) groups excluding carboxylic acids is 2. The van der Waals surface area contributed by atoms with Gasteiger partial charge in [-0.2, -0.15) is 0 Å². The molecule has 45 heavy (non-hydrogen) atoms. The molecule has 2 unspecified atom stereocenters. The molecule has 0 saturated heterocycles. The highest BCUT2D eigenvalue weighted by Gasteiger charge is 2.26. The van der Waals surface area contributed by atoms with E-state index in [1.165, 1.54) is 18.2 Å². The van der Waals surface area contributed by atoms with Gasteiger partial charge in [-0.25, -0.2) is 4.79 Å². The summed E-state index contributed by atoms with van der Waals surface area (Å²) in [6.45, 7) is 8.34. The molecule has 2 amide bonds. The van der Waals surface area contributed by atoms with Gasteiger partial charge in [0.2, 0.25) is 11.8 Å². The molecule has 1 rings (SSSR count). The van der Waals surface area contributed by atoms with Crippen LogP contribution in [0.1, 0.15) is 102 Å². The molecule has 0 saturated carbocycles. The number of nitrogens with one attached hydrogen (secondary N) is 2. The minimum Gasteiger partial charge on any atom is -0.507 e. The van der Waals surface area contributed by atoms with Crippen LogP contribution in [0.15, 0.2) is 79.0 Å². The number of amides is 2. The number of rotatable bonds is 23. The first kappa shape index (κ1) is 39.1. The van der Waals surface area contributed by atoms with Crippen LogP contribution >= 0.6 is 0 Å². The number of carboxylic acid groups (broad SMARTS) is 1. The molecule has 8 heteroatoms. The van der Waals surface area contributed by atoms with Crippen LogP contribution in [0.5, 0.6) is 5.75 Å². The molecule has 8 nitrogen and oxygen atoms in total. The van der Waals surface area contributed by atoms with E-state index < -0.39 is 29.8 Å². The molecular formula is C37H54N2O6. The number of carbonyl (C=O) groups is 3. The molecule has 2 atom stereocenters. The predicted molar refractivity (Wildman–Crippen MR) is 183 cm³/mol. The highest BCUT2D eigenvalue weighted by atomic mass is 16.5. The van der Waals surface area contributed by atoms with Gasteiger partial charge < -0.3 is 25.6 Å². The molecule has 248 valence electrons. The van der Waals surface area contributed by atoms with Gasteiger partial charge in [-0.15, -0.1) is 0 Å². The van der Waals surface area contributed by atoms with Crippen molar-refractivity contribution in [2.45, 2.75) is 104 Å². The van der Waals surface area contributed by atoms with Crippen LogP contribution in [0.25, 0.3) is 0 Å². The number of allylic oxidation sites excluding steroid dienone is 10. The van der Waals surface area contributed by atoms with Gasteiger partial charge in [0.05, 0.1) is 0 Å². The van der Waals surface area contributed by atoms with Gasteiger partial charge in [-0.3, -0.25) is 9.59 Å². The third kappa shape index (κ3) is 18.5. The Hall–Kier alpha value is -3.91. The standard InChI is InChI=1S/C37H54N2O6/c1-5-7-8-9-10-11-12-13-14-15-16-17-18-19-20-21-22-23-26-45-34(6-2)36(42)39-32(27-29(3)4)35(41)38-30-24-25-33(40)31(28-30)37(43)44/h7-8,10-11,13-14,16-17,19-20,24-25,28-29,32,34,40H,5-6,9,12,15,18,21-23,26-27H2,1-4H3,(H,38,41)(H,39,42)(H,43,44)/b8-7-,11-10-,14-13-,17-16-,20-19-. The number of phenols is 1. The fourth-order valence-corrected chi connectivity index (χ4v) is 4.32. The third-order valence-corrected chi connectivity index (χ3v) is 6.74. The maximum Gasteiger partial charge on any atom is 0.339 e. The molecule has 0 fully saturated rings. The maximum absolute atomic E-state index is 13.0. The summed E-state index contributed by atoms with van der Waals surface area (Å²) in [5, 5.41) is 24.4. The lowest BCUT2D eigenvalue weighted by atomic mass is 10.0. The van der Waals surface area contributed by atoms with Crippen molar-refractivity contribution in [3.05, 3.63) is 84.5 Å². The molecule has 0 radical (unpaired) electrons. The number of anilines is 1. The van der Waals surface area contributed by atoms with Crippen molar-refractivity contribution in [1.29, 1.82) is 0 Å².